The molecule has 1 amide bonds. The number of amides is 1. The molecular formula is C49H99NO5. The van der Waals surface area contributed by atoms with Crippen molar-refractivity contribution in [2.45, 2.75) is 301 Å². The molecule has 0 radical (unpaired) electrons. The van der Waals surface area contributed by atoms with Crippen molar-refractivity contribution in [3.63, 3.8) is 0 Å². The Morgan fingerprint density at radius 1 is 0.382 bits per heavy atom. The average molecular weight is 782 g/mol. The van der Waals surface area contributed by atoms with E-state index in [-0.39, 0.29) is 0 Å². The molecule has 330 valence electrons. The summed E-state index contributed by atoms with van der Waals surface area (Å²) in [4.78, 5) is 12.5. The van der Waals surface area contributed by atoms with Crippen LogP contribution in [0.2, 0.25) is 0 Å². The molecule has 0 spiro atoms. The summed E-state index contributed by atoms with van der Waals surface area (Å²) in [6.07, 6.45) is 48.6. The molecule has 0 fully saturated rings. The Hall–Kier alpha value is -0.690. The van der Waals surface area contributed by atoms with Gasteiger partial charge in [0.2, 0.25) is 5.91 Å². The number of carbonyl (C=O) groups is 1. The van der Waals surface area contributed by atoms with E-state index >= 15 is 0 Å². The number of aliphatic hydroxyl groups excluding tert-OH is 4. The van der Waals surface area contributed by atoms with Crippen LogP contribution >= 0.6 is 0 Å². The number of nitrogens with one attached hydrogen (secondary N) is 1. The lowest BCUT2D eigenvalue weighted by Crippen LogP contribution is -2.53. The molecule has 5 N–H and O–H groups in total. The minimum atomic E-state index is -1.25. The van der Waals surface area contributed by atoms with E-state index in [1.54, 1.807) is 0 Å². The van der Waals surface area contributed by atoms with Crippen molar-refractivity contribution in [3.8, 4) is 0 Å². The Morgan fingerprint density at radius 3 is 0.873 bits per heavy atom. The van der Waals surface area contributed by atoms with Gasteiger partial charge in [-0.2, -0.15) is 0 Å². The van der Waals surface area contributed by atoms with Gasteiger partial charge >= 0.3 is 0 Å². The molecule has 0 aliphatic heterocycles. The van der Waals surface area contributed by atoms with Gasteiger partial charge in [0, 0.05) is 0 Å². The van der Waals surface area contributed by atoms with E-state index in [4.69, 9.17) is 0 Å². The zero-order chi connectivity index (χ0) is 40.3. The molecular weight excluding hydrogens is 683 g/mol. The fraction of sp³-hybridized carbons (Fsp3) is 0.980. The number of hydrogen-bond donors (Lipinski definition) is 5. The largest absolute Gasteiger partial charge is 0.394 e. The van der Waals surface area contributed by atoms with Crippen molar-refractivity contribution >= 4 is 5.91 Å². The molecule has 0 rings (SSSR count). The molecule has 4 atom stereocenters. The van der Waals surface area contributed by atoms with E-state index in [1.807, 2.05) is 0 Å². The van der Waals surface area contributed by atoms with E-state index in [1.165, 1.54) is 212 Å². The van der Waals surface area contributed by atoms with Gasteiger partial charge in [-0.05, 0) is 12.8 Å². The van der Waals surface area contributed by atoms with Crippen LogP contribution in [0.25, 0.3) is 0 Å². The van der Waals surface area contributed by atoms with Crippen molar-refractivity contribution in [3.05, 3.63) is 0 Å². The lowest BCUT2D eigenvalue weighted by molar-refractivity contribution is -0.132. The maximum atomic E-state index is 12.5. The smallest absolute Gasteiger partial charge is 0.249 e. The standard InChI is InChI=1S/C49H99NO5/c1-3-5-7-9-11-13-15-17-19-20-21-22-23-24-25-26-27-29-30-32-34-36-38-40-42-46(52)48(54)45(44-51)50-49(55)47(53)43-41-39-37-35-33-31-28-18-16-14-12-10-8-6-4-2/h45-48,51-54H,3-44H2,1-2H3,(H,50,55). The highest BCUT2D eigenvalue weighted by Gasteiger charge is 2.28. The first-order valence-corrected chi connectivity index (χ1v) is 24.9. The maximum absolute atomic E-state index is 12.5. The van der Waals surface area contributed by atoms with Gasteiger partial charge in [-0.3, -0.25) is 4.79 Å². The van der Waals surface area contributed by atoms with Gasteiger partial charge in [-0.1, -0.05) is 264 Å². The highest BCUT2D eigenvalue weighted by atomic mass is 16.3. The summed E-state index contributed by atoms with van der Waals surface area (Å²) < 4.78 is 0. The van der Waals surface area contributed by atoms with Crippen molar-refractivity contribution in [1.29, 1.82) is 0 Å². The third-order valence-corrected chi connectivity index (χ3v) is 12.1. The minimum absolute atomic E-state index is 0.375. The molecule has 6 nitrogen and oxygen atoms in total. The number of hydrogen-bond acceptors (Lipinski definition) is 5. The molecule has 0 aromatic rings. The quantitative estimate of drug-likeness (QED) is 0.0395. The van der Waals surface area contributed by atoms with Gasteiger partial charge in [-0.25, -0.2) is 0 Å². The van der Waals surface area contributed by atoms with Crippen molar-refractivity contribution in [2.75, 3.05) is 6.61 Å². The maximum Gasteiger partial charge on any atom is 0.249 e. The Bertz CT molecular complexity index is 751. The van der Waals surface area contributed by atoms with Crippen LogP contribution in [0.5, 0.6) is 0 Å². The number of rotatable bonds is 46. The first-order valence-electron chi connectivity index (χ1n) is 24.9. The van der Waals surface area contributed by atoms with Gasteiger partial charge in [0.15, 0.2) is 0 Å². The Labute approximate surface area is 343 Å². The number of unbranched alkanes of at least 4 members (excludes halogenated alkanes) is 37. The molecule has 0 aliphatic carbocycles. The summed E-state index contributed by atoms with van der Waals surface area (Å²) in [5.74, 6) is -0.578. The van der Waals surface area contributed by atoms with Crippen LogP contribution in [0.4, 0.5) is 0 Å². The van der Waals surface area contributed by atoms with Gasteiger partial charge in [0.25, 0.3) is 0 Å². The highest BCUT2D eigenvalue weighted by Crippen LogP contribution is 2.18. The summed E-state index contributed by atoms with van der Waals surface area (Å²) in [5, 5.41) is 43.8. The zero-order valence-electron chi connectivity index (χ0n) is 37.2. The lowest BCUT2D eigenvalue weighted by atomic mass is 9.99. The predicted molar refractivity (Wildman–Crippen MR) is 238 cm³/mol. The highest BCUT2D eigenvalue weighted by molar-refractivity contribution is 5.80. The first-order chi connectivity index (χ1) is 27.0. The lowest BCUT2D eigenvalue weighted by Gasteiger charge is -2.27. The topological polar surface area (TPSA) is 110 Å². The summed E-state index contributed by atoms with van der Waals surface area (Å²) in [6.45, 7) is 4.08. The molecule has 0 aromatic heterocycles. The van der Waals surface area contributed by atoms with Crippen molar-refractivity contribution in [1.82, 2.24) is 5.32 Å². The van der Waals surface area contributed by atoms with Gasteiger partial charge < -0.3 is 25.7 Å². The molecule has 0 saturated heterocycles. The second-order valence-corrected chi connectivity index (χ2v) is 17.5. The van der Waals surface area contributed by atoms with E-state index in [0.717, 1.165) is 38.5 Å². The van der Waals surface area contributed by atoms with E-state index < -0.39 is 36.9 Å². The second-order valence-electron chi connectivity index (χ2n) is 17.5. The van der Waals surface area contributed by atoms with Crippen LogP contribution in [0, 0.1) is 0 Å². The van der Waals surface area contributed by atoms with Crippen LogP contribution in [-0.4, -0.2) is 57.3 Å². The van der Waals surface area contributed by atoms with Crippen LogP contribution in [0.1, 0.15) is 277 Å². The third kappa shape index (κ3) is 38.6. The van der Waals surface area contributed by atoms with Crippen molar-refractivity contribution < 1.29 is 25.2 Å². The summed E-state index contributed by atoms with van der Waals surface area (Å²) in [7, 11) is 0. The molecule has 0 heterocycles. The molecule has 0 aliphatic rings. The summed E-state index contributed by atoms with van der Waals surface area (Å²) >= 11 is 0. The van der Waals surface area contributed by atoms with Crippen LogP contribution < -0.4 is 5.32 Å². The Morgan fingerprint density at radius 2 is 0.618 bits per heavy atom. The van der Waals surface area contributed by atoms with Gasteiger partial charge in [0.05, 0.1) is 18.8 Å². The molecule has 0 saturated carbocycles. The Balaban J connectivity index is 3.62. The fourth-order valence-corrected chi connectivity index (χ4v) is 8.11. The molecule has 55 heavy (non-hydrogen) atoms. The zero-order valence-corrected chi connectivity index (χ0v) is 37.2. The Kier molecular flexibility index (Phi) is 43.9. The second kappa shape index (κ2) is 44.4. The summed E-state index contributed by atoms with van der Waals surface area (Å²) in [5.41, 5.74) is 0. The summed E-state index contributed by atoms with van der Waals surface area (Å²) in [6, 6.07) is -0.979. The van der Waals surface area contributed by atoms with Gasteiger partial charge in [0.1, 0.15) is 12.2 Å². The minimum Gasteiger partial charge on any atom is -0.394 e. The van der Waals surface area contributed by atoms with E-state index in [0.29, 0.717) is 12.8 Å². The van der Waals surface area contributed by atoms with Crippen LogP contribution in [0.15, 0.2) is 0 Å². The SMILES string of the molecule is CCCCCCCCCCCCCCCCCCCCCCCCCCC(O)C(O)C(CO)NC(=O)C(O)CCCCCCCCCCCCCCCCC. The van der Waals surface area contributed by atoms with Gasteiger partial charge in [-0.15, -0.1) is 0 Å². The normalized spacial score (nSPS) is 13.9. The molecule has 4 unspecified atom stereocenters. The number of aliphatic hydroxyl groups is 4. The van der Waals surface area contributed by atoms with E-state index in [2.05, 4.69) is 19.2 Å². The average Bonchev–Trinajstić information content (AvgIpc) is 3.19. The number of carbonyl (C=O) groups excluding carboxylic acids is 1. The molecule has 0 aromatic carbocycles. The van der Waals surface area contributed by atoms with E-state index in [9.17, 15) is 25.2 Å². The predicted octanol–water partition coefficient (Wildman–Crippen LogP) is 13.6. The van der Waals surface area contributed by atoms with Crippen LogP contribution in [0.3, 0.4) is 0 Å². The molecule has 6 heteroatoms. The third-order valence-electron chi connectivity index (χ3n) is 12.1. The van der Waals surface area contributed by atoms with Crippen LogP contribution in [-0.2, 0) is 4.79 Å². The fourth-order valence-electron chi connectivity index (χ4n) is 8.11. The van der Waals surface area contributed by atoms with Crippen molar-refractivity contribution in [2.24, 2.45) is 0 Å². The molecule has 0 bridgehead atoms. The monoisotopic (exact) mass is 782 g/mol. The first kappa shape index (κ1) is 54.3.